The van der Waals surface area contributed by atoms with Crippen molar-refractivity contribution in [1.82, 2.24) is 9.55 Å². The molecule has 0 radical (unpaired) electrons. The highest BCUT2D eigenvalue weighted by Crippen LogP contribution is 2.40. The summed E-state index contributed by atoms with van der Waals surface area (Å²) in [5.74, 6) is -0.513. The Balaban J connectivity index is 2.06. The third-order valence-electron chi connectivity index (χ3n) is 4.05. The number of imidazole rings is 1. The summed E-state index contributed by atoms with van der Waals surface area (Å²) in [7, 11) is 1.39. The summed E-state index contributed by atoms with van der Waals surface area (Å²) in [6.45, 7) is 1.70. The summed E-state index contributed by atoms with van der Waals surface area (Å²) >= 11 is 0. The SMILES string of the molecule is CCc1ccc(NC(N)=NCCC(O)(c2nccn2C)C(F)(F)F)cc1. The first kappa shape index (κ1) is 19.8. The van der Waals surface area contributed by atoms with E-state index in [4.69, 9.17) is 5.73 Å². The minimum atomic E-state index is -4.89. The van der Waals surface area contributed by atoms with Crippen LogP contribution < -0.4 is 11.1 Å². The van der Waals surface area contributed by atoms with Gasteiger partial charge in [0.15, 0.2) is 5.96 Å². The topological polar surface area (TPSA) is 88.5 Å². The molecule has 6 nitrogen and oxygen atoms in total. The number of alkyl halides is 3. The summed E-state index contributed by atoms with van der Waals surface area (Å²) in [6.07, 6.45) is -2.15. The van der Waals surface area contributed by atoms with Gasteiger partial charge in [0.25, 0.3) is 0 Å². The third kappa shape index (κ3) is 4.34. The number of halogens is 3. The average Bonchev–Trinajstić information content (AvgIpc) is 3.01. The lowest BCUT2D eigenvalue weighted by Gasteiger charge is -2.29. The first-order valence-electron chi connectivity index (χ1n) is 8.10. The minimum absolute atomic E-state index is 0.0291. The lowest BCUT2D eigenvalue weighted by Crippen LogP contribution is -2.45. The van der Waals surface area contributed by atoms with E-state index in [9.17, 15) is 18.3 Å². The number of nitrogens with one attached hydrogen (secondary N) is 1. The molecule has 1 atom stereocenters. The van der Waals surface area contributed by atoms with Crippen LogP contribution in [0.5, 0.6) is 0 Å². The standard InChI is InChI=1S/C17H22F3N5O/c1-3-12-4-6-13(7-5-12)24-15(21)23-9-8-16(26,17(18,19)20)14-22-10-11-25(14)2/h4-7,10-11,26H,3,8-9H2,1-2H3,(H3,21,23,24). The van der Waals surface area contributed by atoms with Crippen molar-refractivity contribution in [3.8, 4) is 0 Å². The van der Waals surface area contributed by atoms with Crippen molar-refractivity contribution < 1.29 is 18.3 Å². The quantitative estimate of drug-likeness (QED) is 0.539. The molecule has 1 aromatic heterocycles. The first-order valence-corrected chi connectivity index (χ1v) is 8.10. The molecule has 0 aliphatic rings. The van der Waals surface area contributed by atoms with Crippen molar-refractivity contribution in [2.75, 3.05) is 11.9 Å². The van der Waals surface area contributed by atoms with E-state index in [1.807, 2.05) is 19.1 Å². The number of hydrogen-bond donors (Lipinski definition) is 3. The molecule has 0 spiro atoms. The molecule has 26 heavy (non-hydrogen) atoms. The summed E-state index contributed by atoms with van der Waals surface area (Å²) in [6, 6.07) is 7.44. The number of guanidine groups is 1. The van der Waals surface area contributed by atoms with Gasteiger partial charge in [0.1, 0.15) is 5.82 Å². The molecule has 9 heteroatoms. The molecule has 0 amide bonds. The van der Waals surface area contributed by atoms with Crippen molar-refractivity contribution in [3.63, 3.8) is 0 Å². The Morgan fingerprint density at radius 3 is 2.46 bits per heavy atom. The van der Waals surface area contributed by atoms with Crippen LogP contribution in [0, 0.1) is 0 Å². The van der Waals surface area contributed by atoms with Gasteiger partial charge in [-0.25, -0.2) is 4.98 Å². The van der Waals surface area contributed by atoms with E-state index in [0.29, 0.717) is 5.69 Å². The number of rotatable bonds is 6. The molecular formula is C17H22F3N5O. The minimum Gasteiger partial charge on any atom is -0.374 e. The monoisotopic (exact) mass is 369 g/mol. The summed E-state index contributed by atoms with van der Waals surface area (Å²) in [4.78, 5) is 7.52. The smallest absolute Gasteiger partial charge is 0.374 e. The van der Waals surface area contributed by atoms with Gasteiger partial charge in [-0.3, -0.25) is 4.99 Å². The zero-order valence-electron chi connectivity index (χ0n) is 14.6. The molecule has 0 saturated heterocycles. The van der Waals surface area contributed by atoms with Crippen molar-refractivity contribution in [2.24, 2.45) is 17.8 Å². The second kappa shape index (κ2) is 7.77. The van der Waals surface area contributed by atoms with Crippen LogP contribution in [0.15, 0.2) is 41.7 Å². The molecule has 2 aromatic rings. The predicted molar refractivity (Wildman–Crippen MR) is 93.7 cm³/mol. The number of nitrogens with two attached hydrogens (primary N) is 1. The van der Waals surface area contributed by atoms with Crippen molar-refractivity contribution in [2.45, 2.75) is 31.5 Å². The average molecular weight is 369 g/mol. The molecule has 0 aliphatic heterocycles. The number of benzene rings is 1. The molecule has 1 aromatic carbocycles. The fourth-order valence-electron chi connectivity index (χ4n) is 2.49. The van der Waals surface area contributed by atoms with Crippen LogP contribution in [0.2, 0.25) is 0 Å². The number of hydrogen-bond acceptors (Lipinski definition) is 3. The van der Waals surface area contributed by atoms with Crippen LogP contribution in [0.1, 0.15) is 24.7 Å². The number of aliphatic imine (C=N–C) groups is 1. The van der Waals surface area contributed by atoms with Crippen LogP contribution >= 0.6 is 0 Å². The van der Waals surface area contributed by atoms with E-state index in [2.05, 4.69) is 15.3 Å². The summed E-state index contributed by atoms with van der Waals surface area (Å²) in [5, 5.41) is 13.0. The number of aryl methyl sites for hydroxylation is 2. The van der Waals surface area contributed by atoms with Crippen molar-refractivity contribution in [3.05, 3.63) is 48.0 Å². The summed E-state index contributed by atoms with van der Waals surface area (Å²) in [5.41, 5.74) is 4.45. The van der Waals surface area contributed by atoms with Gasteiger partial charge in [-0.05, 0) is 24.1 Å². The normalized spacial score (nSPS) is 14.9. The predicted octanol–water partition coefficient (Wildman–Crippen LogP) is 2.55. The van der Waals surface area contributed by atoms with Gasteiger partial charge in [0, 0.05) is 38.1 Å². The van der Waals surface area contributed by atoms with Crippen LogP contribution in [0.3, 0.4) is 0 Å². The molecule has 4 N–H and O–H groups in total. The van der Waals surface area contributed by atoms with E-state index < -0.39 is 24.0 Å². The Labute approximate surface area is 149 Å². The third-order valence-corrected chi connectivity index (χ3v) is 4.05. The maximum absolute atomic E-state index is 13.4. The zero-order valence-corrected chi connectivity index (χ0v) is 14.6. The van der Waals surface area contributed by atoms with Gasteiger partial charge in [0.2, 0.25) is 5.60 Å². The van der Waals surface area contributed by atoms with Crippen LogP contribution in [-0.2, 0) is 19.1 Å². The van der Waals surface area contributed by atoms with Crippen molar-refractivity contribution in [1.29, 1.82) is 0 Å². The fraction of sp³-hybridized carbons (Fsp3) is 0.412. The highest BCUT2D eigenvalue weighted by molar-refractivity contribution is 5.92. The maximum atomic E-state index is 13.4. The molecule has 142 valence electrons. The molecule has 1 heterocycles. The number of aliphatic hydroxyl groups is 1. The number of nitrogens with zero attached hydrogens (tertiary/aromatic N) is 3. The Morgan fingerprint density at radius 1 is 1.31 bits per heavy atom. The Hall–Kier alpha value is -2.55. The Kier molecular flexibility index (Phi) is 5.91. The largest absolute Gasteiger partial charge is 0.424 e. The van der Waals surface area contributed by atoms with Crippen LogP contribution in [-0.4, -0.2) is 33.3 Å². The highest BCUT2D eigenvalue weighted by Gasteiger charge is 2.57. The molecule has 0 bridgehead atoms. The van der Waals surface area contributed by atoms with Gasteiger partial charge in [-0.1, -0.05) is 19.1 Å². The number of aromatic nitrogens is 2. The van der Waals surface area contributed by atoms with E-state index in [0.717, 1.165) is 16.6 Å². The fourth-order valence-corrected chi connectivity index (χ4v) is 2.49. The van der Waals surface area contributed by atoms with Crippen LogP contribution in [0.4, 0.5) is 18.9 Å². The highest BCUT2D eigenvalue weighted by atomic mass is 19.4. The Morgan fingerprint density at radius 2 is 1.96 bits per heavy atom. The summed E-state index contributed by atoms with van der Waals surface area (Å²) < 4.78 is 41.3. The molecule has 0 fully saturated rings. The van der Waals surface area contributed by atoms with Gasteiger partial charge >= 0.3 is 6.18 Å². The lowest BCUT2D eigenvalue weighted by molar-refractivity contribution is -0.272. The van der Waals surface area contributed by atoms with E-state index in [1.165, 1.54) is 19.4 Å². The molecular weight excluding hydrogens is 347 g/mol. The first-order chi connectivity index (χ1) is 12.2. The number of anilines is 1. The molecule has 2 rings (SSSR count). The van der Waals surface area contributed by atoms with Crippen molar-refractivity contribution >= 4 is 11.6 Å². The molecule has 1 unspecified atom stereocenters. The van der Waals surface area contributed by atoms with E-state index >= 15 is 0 Å². The molecule has 0 saturated carbocycles. The molecule has 0 aliphatic carbocycles. The van der Waals surface area contributed by atoms with E-state index in [1.54, 1.807) is 12.1 Å². The second-order valence-corrected chi connectivity index (χ2v) is 5.91. The Bertz CT molecular complexity index is 755. The maximum Gasteiger partial charge on any atom is 0.424 e. The van der Waals surface area contributed by atoms with Gasteiger partial charge in [-0.15, -0.1) is 0 Å². The van der Waals surface area contributed by atoms with E-state index in [-0.39, 0.29) is 12.5 Å². The van der Waals surface area contributed by atoms with Crippen LogP contribution in [0.25, 0.3) is 0 Å². The second-order valence-electron chi connectivity index (χ2n) is 5.91. The van der Waals surface area contributed by atoms with Gasteiger partial charge < -0.3 is 20.7 Å². The van der Waals surface area contributed by atoms with Gasteiger partial charge in [0.05, 0.1) is 0 Å². The van der Waals surface area contributed by atoms with Gasteiger partial charge in [-0.2, -0.15) is 13.2 Å². The zero-order chi connectivity index (χ0) is 19.4. The lowest BCUT2D eigenvalue weighted by atomic mass is 9.98.